The molecule has 0 atom stereocenters. The average molecular weight is 273 g/mol. The third-order valence-electron chi connectivity index (χ3n) is 3.06. The molecule has 0 radical (unpaired) electrons. The minimum Gasteiger partial charge on any atom is -0.508 e. The van der Waals surface area contributed by atoms with E-state index in [-0.39, 0.29) is 12.5 Å². The Bertz CT molecular complexity index is 627. The topological polar surface area (TPSA) is 60.0 Å². The van der Waals surface area contributed by atoms with Gasteiger partial charge < -0.3 is 24.6 Å². The van der Waals surface area contributed by atoms with Crippen LogP contribution >= 0.6 is 0 Å². The molecule has 0 amide bonds. The summed E-state index contributed by atoms with van der Waals surface area (Å²) in [6.07, 6.45) is 0. The number of benzene rings is 2. The van der Waals surface area contributed by atoms with Crippen LogP contribution in [0.1, 0.15) is 5.56 Å². The maximum absolute atomic E-state index is 9.42. The molecule has 0 unspecified atom stereocenters. The number of phenols is 1. The largest absolute Gasteiger partial charge is 0.508 e. The minimum absolute atomic E-state index is 0.217. The summed E-state index contributed by atoms with van der Waals surface area (Å²) in [4.78, 5) is 0. The van der Waals surface area contributed by atoms with E-state index in [2.05, 4.69) is 5.32 Å². The quantitative estimate of drug-likeness (QED) is 0.897. The molecule has 0 spiro atoms. The van der Waals surface area contributed by atoms with Gasteiger partial charge in [-0.1, -0.05) is 6.07 Å². The lowest BCUT2D eigenvalue weighted by Crippen LogP contribution is -2.00. The molecule has 0 saturated heterocycles. The van der Waals surface area contributed by atoms with Gasteiger partial charge in [-0.15, -0.1) is 0 Å². The van der Waals surface area contributed by atoms with Gasteiger partial charge in [-0.25, -0.2) is 0 Å². The average Bonchev–Trinajstić information content (AvgIpc) is 2.92. The zero-order valence-electron chi connectivity index (χ0n) is 11.1. The van der Waals surface area contributed by atoms with Gasteiger partial charge in [-0.05, 0) is 29.8 Å². The molecular formula is C15H15NO4. The maximum atomic E-state index is 9.42. The van der Waals surface area contributed by atoms with E-state index in [1.165, 1.54) is 0 Å². The molecule has 2 aromatic rings. The van der Waals surface area contributed by atoms with E-state index in [0.717, 1.165) is 11.3 Å². The summed E-state index contributed by atoms with van der Waals surface area (Å²) < 4.78 is 16.0. The molecule has 0 aromatic heterocycles. The number of hydrogen-bond donors (Lipinski definition) is 2. The van der Waals surface area contributed by atoms with Crippen molar-refractivity contribution in [2.75, 3.05) is 19.2 Å². The fourth-order valence-electron chi connectivity index (χ4n) is 2.11. The fourth-order valence-corrected chi connectivity index (χ4v) is 2.11. The Morgan fingerprint density at radius 1 is 1.25 bits per heavy atom. The number of fused-ring (bicyclic) bond motifs is 1. The van der Waals surface area contributed by atoms with Gasteiger partial charge in [0.2, 0.25) is 12.5 Å². The Morgan fingerprint density at radius 3 is 2.95 bits per heavy atom. The second-order valence-electron chi connectivity index (χ2n) is 4.44. The molecule has 104 valence electrons. The highest BCUT2D eigenvalue weighted by atomic mass is 16.7. The molecule has 2 aromatic carbocycles. The SMILES string of the molecule is COc1cc(CNc2cccc(O)c2)cc2c1OCO2. The molecule has 0 bridgehead atoms. The molecule has 20 heavy (non-hydrogen) atoms. The summed E-state index contributed by atoms with van der Waals surface area (Å²) in [6.45, 7) is 0.811. The maximum Gasteiger partial charge on any atom is 0.231 e. The lowest BCUT2D eigenvalue weighted by atomic mass is 10.1. The molecule has 5 nitrogen and oxygen atoms in total. The summed E-state index contributed by atoms with van der Waals surface area (Å²) in [5, 5.41) is 12.7. The van der Waals surface area contributed by atoms with Gasteiger partial charge in [0.05, 0.1) is 7.11 Å². The number of nitrogens with one attached hydrogen (secondary N) is 1. The smallest absolute Gasteiger partial charge is 0.231 e. The van der Waals surface area contributed by atoms with Crippen molar-refractivity contribution in [2.45, 2.75) is 6.54 Å². The van der Waals surface area contributed by atoms with Crippen LogP contribution in [-0.4, -0.2) is 19.0 Å². The zero-order valence-corrected chi connectivity index (χ0v) is 11.1. The molecule has 5 heteroatoms. The molecule has 2 N–H and O–H groups in total. The Kier molecular flexibility index (Phi) is 3.25. The molecular weight excluding hydrogens is 258 g/mol. The molecule has 0 fully saturated rings. The van der Waals surface area contributed by atoms with Crippen molar-refractivity contribution in [1.29, 1.82) is 0 Å². The summed E-state index contributed by atoms with van der Waals surface area (Å²) >= 11 is 0. The van der Waals surface area contributed by atoms with Gasteiger partial charge in [0, 0.05) is 18.3 Å². The number of ether oxygens (including phenoxy) is 3. The highest BCUT2D eigenvalue weighted by Gasteiger charge is 2.19. The highest BCUT2D eigenvalue weighted by Crippen LogP contribution is 2.41. The van der Waals surface area contributed by atoms with E-state index in [4.69, 9.17) is 14.2 Å². The van der Waals surface area contributed by atoms with Crippen LogP contribution in [0.25, 0.3) is 0 Å². The first-order valence-corrected chi connectivity index (χ1v) is 6.25. The van der Waals surface area contributed by atoms with Crippen LogP contribution in [0.3, 0.4) is 0 Å². The van der Waals surface area contributed by atoms with Crippen molar-refractivity contribution in [1.82, 2.24) is 0 Å². The second-order valence-corrected chi connectivity index (χ2v) is 4.44. The van der Waals surface area contributed by atoms with Crippen LogP contribution in [0, 0.1) is 0 Å². The van der Waals surface area contributed by atoms with Crippen LogP contribution in [0.5, 0.6) is 23.0 Å². The Hall–Kier alpha value is -2.56. The Balaban J connectivity index is 1.78. The van der Waals surface area contributed by atoms with Crippen molar-refractivity contribution < 1.29 is 19.3 Å². The van der Waals surface area contributed by atoms with E-state index in [9.17, 15) is 5.11 Å². The van der Waals surface area contributed by atoms with E-state index in [1.54, 1.807) is 25.3 Å². The first kappa shape index (κ1) is 12.5. The molecule has 0 saturated carbocycles. The van der Waals surface area contributed by atoms with Crippen LogP contribution in [-0.2, 0) is 6.54 Å². The number of hydrogen-bond acceptors (Lipinski definition) is 5. The summed E-state index contributed by atoms with van der Waals surface area (Å²) in [5.74, 6) is 2.23. The minimum atomic E-state index is 0.217. The third-order valence-corrected chi connectivity index (χ3v) is 3.06. The van der Waals surface area contributed by atoms with Crippen LogP contribution in [0.15, 0.2) is 36.4 Å². The van der Waals surface area contributed by atoms with Gasteiger partial charge in [0.25, 0.3) is 0 Å². The zero-order chi connectivity index (χ0) is 13.9. The Morgan fingerprint density at radius 2 is 2.15 bits per heavy atom. The van der Waals surface area contributed by atoms with Crippen molar-refractivity contribution in [3.63, 3.8) is 0 Å². The predicted molar refractivity (Wildman–Crippen MR) is 74.6 cm³/mol. The number of anilines is 1. The second kappa shape index (κ2) is 5.21. The van der Waals surface area contributed by atoms with Gasteiger partial charge in [-0.2, -0.15) is 0 Å². The number of rotatable bonds is 4. The normalized spacial score (nSPS) is 12.2. The molecule has 1 aliphatic heterocycles. The third kappa shape index (κ3) is 2.42. The molecule has 1 aliphatic rings. The molecule has 0 aliphatic carbocycles. The predicted octanol–water partition coefficient (Wildman–Crippen LogP) is 2.74. The van der Waals surface area contributed by atoms with Gasteiger partial charge in [0.1, 0.15) is 5.75 Å². The first-order valence-electron chi connectivity index (χ1n) is 6.25. The van der Waals surface area contributed by atoms with Crippen LogP contribution in [0.4, 0.5) is 5.69 Å². The van der Waals surface area contributed by atoms with Gasteiger partial charge in [-0.3, -0.25) is 0 Å². The number of aromatic hydroxyl groups is 1. The van der Waals surface area contributed by atoms with Crippen molar-refractivity contribution in [2.24, 2.45) is 0 Å². The lowest BCUT2D eigenvalue weighted by molar-refractivity contribution is 0.171. The van der Waals surface area contributed by atoms with Gasteiger partial charge >= 0.3 is 0 Å². The number of methoxy groups -OCH3 is 1. The van der Waals surface area contributed by atoms with Crippen LogP contribution in [0.2, 0.25) is 0 Å². The van der Waals surface area contributed by atoms with E-state index >= 15 is 0 Å². The summed E-state index contributed by atoms with van der Waals surface area (Å²) in [6, 6.07) is 10.8. The van der Waals surface area contributed by atoms with E-state index < -0.39 is 0 Å². The van der Waals surface area contributed by atoms with E-state index in [1.807, 2.05) is 18.2 Å². The lowest BCUT2D eigenvalue weighted by Gasteiger charge is -2.10. The standard InChI is InChI=1S/C15H15NO4/c1-18-13-5-10(6-14-15(13)20-9-19-14)8-16-11-3-2-4-12(17)7-11/h2-7,16-17H,8-9H2,1H3. The summed E-state index contributed by atoms with van der Waals surface area (Å²) in [5.41, 5.74) is 1.86. The summed E-state index contributed by atoms with van der Waals surface area (Å²) in [7, 11) is 1.60. The monoisotopic (exact) mass is 273 g/mol. The highest BCUT2D eigenvalue weighted by molar-refractivity contribution is 5.56. The number of phenolic OH excluding ortho intramolecular Hbond substituents is 1. The Labute approximate surface area is 116 Å². The van der Waals surface area contributed by atoms with Crippen LogP contribution < -0.4 is 19.5 Å². The van der Waals surface area contributed by atoms with Gasteiger partial charge in [0.15, 0.2) is 11.5 Å². The van der Waals surface area contributed by atoms with Crippen molar-refractivity contribution >= 4 is 5.69 Å². The van der Waals surface area contributed by atoms with Crippen molar-refractivity contribution in [3.05, 3.63) is 42.0 Å². The fraction of sp³-hybridized carbons (Fsp3) is 0.200. The van der Waals surface area contributed by atoms with E-state index in [0.29, 0.717) is 23.8 Å². The molecule has 1 heterocycles. The first-order chi connectivity index (χ1) is 9.76. The van der Waals surface area contributed by atoms with Crippen molar-refractivity contribution in [3.8, 4) is 23.0 Å². The molecule has 3 rings (SSSR count).